The molecule has 0 aliphatic carbocycles. The Morgan fingerprint density at radius 3 is 2.50 bits per heavy atom. The third-order valence-corrected chi connectivity index (χ3v) is 1.96. The van der Waals surface area contributed by atoms with Gasteiger partial charge in [-0.25, -0.2) is 0 Å². The summed E-state index contributed by atoms with van der Waals surface area (Å²) in [6.45, 7) is 3.25. The van der Waals surface area contributed by atoms with E-state index in [1.807, 2.05) is 25.1 Å². The second-order valence-corrected chi connectivity index (χ2v) is 3.19. The van der Waals surface area contributed by atoms with Crippen LogP contribution in [0, 0.1) is 10.1 Å². The Labute approximate surface area is 105 Å². The summed E-state index contributed by atoms with van der Waals surface area (Å²) in [5.74, 6) is 1.56. The fourth-order valence-electron chi connectivity index (χ4n) is 1.31. The van der Waals surface area contributed by atoms with Gasteiger partial charge in [0.1, 0.15) is 0 Å². The molecule has 102 valence electrons. The van der Waals surface area contributed by atoms with Crippen molar-refractivity contribution < 1.29 is 19.8 Å². The molecule has 0 saturated carbocycles. The van der Waals surface area contributed by atoms with E-state index in [1.165, 1.54) is 5.56 Å². The van der Waals surface area contributed by atoms with Crippen LogP contribution in [0.5, 0.6) is 11.5 Å². The molecule has 1 aromatic carbocycles. The number of benzene rings is 1. The van der Waals surface area contributed by atoms with Gasteiger partial charge < -0.3 is 20.4 Å². The van der Waals surface area contributed by atoms with Gasteiger partial charge in [0.05, 0.1) is 13.7 Å². The molecule has 0 heterocycles. The van der Waals surface area contributed by atoms with Crippen LogP contribution in [0.1, 0.15) is 12.5 Å². The van der Waals surface area contributed by atoms with E-state index in [0.29, 0.717) is 13.2 Å². The highest BCUT2D eigenvalue weighted by molar-refractivity contribution is 5.43. The molecule has 18 heavy (non-hydrogen) atoms. The smallest absolute Gasteiger partial charge is 0.291 e. The molecule has 0 atom stereocenters. The van der Waals surface area contributed by atoms with Crippen molar-refractivity contribution in [3.05, 3.63) is 33.9 Å². The number of hydrogen-bond acceptors (Lipinski definition) is 5. The Hall–Kier alpha value is -2.02. The minimum atomic E-state index is -1.50. The maximum absolute atomic E-state index is 8.36. The van der Waals surface area contributed by atoms with E-state index in [4.69, 9.17) is 30.5 Å². The number of rotatable bonds is 5. The van der Waals surface area contributed by atoms with Crippen LogP contribution in [0.4, 0.5) is 0 Å². The molecule has 0 spiro atoms. The topological polar surface area (TPSA) is 108 Å². The molecular weight excluding hydrogens is 240 g/mol. The normalized spacial score (nSPS) is 9.06. The molecule has 0 aliphatic rings. The summed E-state index contributed by atoms with van der Waals surface area (Å²) in [5.41, 5.74) is 6.66. The minimum absolute atomic E-state index is 0.641. The number of hydrogen-bond donors (Lipinski definition) is 2. The summed E-state index contributed by atoms with van der Waals surface area (Å²) in [5, 5.41) is 13.6. The van der Waals surface area contributed by atoms with Crippen LogP contribution in [0.25, 0.3) is 0 Å². The highest BCUT2D eigenvalue weighted by Gasteiger charge is 2.04. The fraction of sp³-hybridized carbons (Fsp3) is 0.455. The van der Waals surface area contributed by atoms with Gasteiger partial charge >= 0.3 is 0 Å². The van der Waals surface area contributed by atoms with Gasteiger partial charge in [0.2, 0.25) is 0 Å². The fourth-order valence-corrected chi connectivity index (χ4v) is 1.31. The zero-order valence-corrected chi connectivity index (χ0v) is 10.5. The molecule has 0 amide bonds. The zero-order chi connectivity index (χ0) is 14.0. The first-order valence-corrected chi connectivity index (χ1v) is 5.38. The summed E-state index contributed by atoms with van der Waals surface area (Å²) < 4.78 is 10.6. The van der Waals surface area contributed by atoms with E-state index in [0.717, 1.165) is 17.9 Å². The highest BCUT2D eigenvalue weighted by atomic mass is 16.9. The van der Waals surface area contributed by atoms with E-state index >= 15 is 0 Å². The molecule has 1 rings (SSSR count). The predicted molar refractivity (Wildman–Crippen MR) is 65.7 cm³/mol. The quantitative estimate of drug-likeness (QED) is 0.607. The lowest BCUT2D eigenvalue weighted by Gasteiger charge is -2.10. The Bertz CT molecular complexity index is 366. The summed E-state index contributed by atoms with van der Waals surface area (Å²) >= 11 is 0. The Morgan fingerprint density at radius 2 is 2.06 bits per heavy atom. The molecule has 3 N–H and O–H groups in total. The van der Waals surface area contributed by atoms with Crippen molar-refractivity contribution in [1.82, 2.24) is 0 Å². The summed E-state index contributed by atoms with van der Waals surface area (Å²) in [4.78, 5) is 8.36. The number of nitrogens with zero attached hydrogens (tertiary/aromatic N) is 1. The third-order valence-electron chi connectivity index (χ3n) is 1.96. The van der Waals surface area contributed by atoms with E-state index in [1.54, 1.807) is 7.11 Å². The van der Waals surface area contributed by atoms with Gasteiger partial charge in [0.15, 0.2) is 11.5 Å². The van der Waals surface area contributed by atoms with Gasteiger partial charge in [-0.15, -0.1) is 10.1 Å². The first-order valence-electron chi connectivity index (χ1n) is 5.38. The van der Waals surface area contributed by atoms with Crippen LogP contribution in [-0.2, 0) is 6.42 Å². The van der Waals surface area contributed by atoms with Crippen LogP contribution in [-0.4, -0.2) is 30.6 Å². The van der Waals surface area contributed by atoms with Gasteiger partial charge in [0, 0.05) is 0 Å². The first-order chi connectivity index (χ1) is 8.54. The lowest BCUT2D eigenvalue weighted by molar-refractivity contribution is -0.742. The van der Waals surface area contributed by atoms with Gasteiger partial charge in [-0.3, -0.25) is 0 Å². The summed E-state index contributed by atoms with van der Waals surface area (Å²) in [6.07, 6.45) is 0.865. The van der Waals surface area contributed by atoms with Crippen molar-refractivity contribution in [2.45, 2.75) is 13.3 Å². The monoisotopic (exact) mass is 258 g/mol. The number of ether oxygens (including phenoxy) is 2. The van der Waals surface area contributed by atoms with E-state index in [9.17, 15) is 0 Å². The Morgan fingerprint density at radius 1 is 1.44 bits per heavy atom. The van der Waals surface area contributed by atoms with Crippen molar-refractivity contribution in [2.24, 2.45) is 5.73 Å². The molecule has 0 bridgehead atoms. The molecule has 0 radical (unpaired) electrons. The van der Waals surface area contributed by atoms with Crippen LogP contribution in [0.2, 0.25) is 0 Å². The van der Waals surface area contributed by atoms with Crippen LogP contribution >= 0.6 is 0 Å². The van der Waals surface area contributed by atoms with Crippen LogP contribution in [0.3, 0.4) is 0 Å². The molecule has 0 aliphatic heterocycles. The van der Waals surface area contributed by atoms with Crippen LogP contribution < -0.4 is 15.2 Å². The summed E-state index contributed by atoms with van der Waals surface area (Å²) in [6, 6.07) is 5.90. The molecule has 0 fully saturated rings. The molecule has 7 nitrogen and oxygen atoms in total. The van der Waals surface area contributed by atoms with E-state index < -0.39 is 5.09 Å². The lowest BCUT2D eigenvalue weighted by Crippen LogP contribution is -2.03. The van der Waals surface area contributed by atoms with Crippen molar-refractivity contribution in [3.8, 4) is 11.5 Å². The largest absolute Gasteiger partial charge is 0.493 e. The average molecular weight is 258 g/mol. The maximum Gasteiger partial charge on any atom is 0.291 e. The standard InChI is InChI=1S/C11H17NO2.HNO3/c1-3-14-11-8-9(6-7-12)4-5-10(11)13-2;2-1(3)4/h4-5,8H,3,6-7,12H2,1-2H3;(H,2,3,4). The highest BCUT2D eigenvalue weighted by Crippen LogP contribution is 2.27. The number of methoxy groups -OCH3 is 1. The van der Waals surface area contributed by atoms with Crippen molar-refractivity contribution in [2.75, 3.05) is 20.3 Å². The Balaban J connectivity index is 0.000000631. The molecular formula is C11H18N2O5. The zero-order valence-electron chi connectivity index (χ0n) is 10.5. The van der Waals surface area contributed by atoms with Crippen molar-refractivity contribution >= 4 is 0 Å². The van der Waals surface area contributed by atoms with Gasteiger partial charge in [-0.1, -0.05) is 6.07 Å². The minimum Gasteiger partial charge on any atom is -0.493 e. The van der Waals surface area contributed by atoms with Crippen LogP contribution in [0.15, 0.2) is 18.2 Å². The second-order valence-electron chi connectivity index (χ2n) is 3.19. The molecule has 0 unspecified atom stereocenters. The Kier molecular flexibility index (Phi) is 8.04. The third kappa shape index (κ3) is 6.54. The van der Waals surface area contributed by atoms with Gasteiger partial charge in [-0.2, -0.15) is 0 Å². The van der Waals surface area contributed by atoms with Crippen molar-refractivity contribution in [1.29, 1.82) is 0 Å². The molecule has 0 saturated heterocycles. The maximum atomic E-state index is 8.36. The lowest BCUT2D eigenvalue weighted by atomic mass is 10.1. The van der Waals surface area contributed by atoms with E-state index in [-0.39, 0.29) is 0 Å². The molecule has 0 aromatic heterocycles. The predicted octanol–water partition coefficient (Wildman–Crippen LogP) is 1.25. The average Bonchev–Trinajstić information content (AvgIpc) is 2.29. The van der Waals surface area contributed by atoms with Gasteiger partial charge in [-0.05, 0) is 37.6 Å². The second kappa shape index (κ2) is 9.06. The molecule has 1 aromatic rings. The first kappa shape index (κ1) is 16.0. The molecule has 7 heteroatoms. The van der Waals surface area contributed by atoms with E-state index in [2.05, 4.69) is 0 Å². The van der Waals surface area contributed by atoms with Gasteiger partial charge in [0.25, 0.3) is 5.09 Å². The van der Waals surface area contributed by atoms with Crippen molar-refractivity contribution in [3.63, 3.8) is 0 Å². The SMILES string of the molecule is CCOc1cc(CCN)ccc1OC.O=[N+]([O-])O. The number of nitrogens with two attached hydrogens (primary N) is 1. The summed E-state index contributed by atoms with van der Waals surface area (Å²) in [7, 11) is 1.64.